The molecule has 0 saturated heterocycles. The van der Waals surface area contributed by atoms with E-state index in [0.717, 1.165) is 18.5 Å². The number of aromatic nitrogens is 3. The maximum absolute atomic E-state index is 11.8. The molecule has 0 saturated carbocycles. The van der Waals surface area contributed by atoms with E-state index in [2.05, 4.69) is 24.2 Å². The fraction of sp³-hybridized carbons (Fsp3) is 0.750. The quantitative estimate of drug-likeness (QED) is 0.734. The number of nitrogens with two attached hydrogens (primary N) is 1. The molecule has 1 aromatic rings. The van der Waals surface area contributed by atoms with Crippen LogP contribution in [0.5, 0.6) is 0 Å². The smallest absolute Gasteiger partial charge is 0.360 e. The summed E-state index contributed by atoms with van der Waals surface area (Å²) in [6, 6.07) is 0. The van der Waals surface area contributed by atoms with Crippen molar-refractivity contribution in [1.29, 1.82) is 0 Å². The maximum Gasteiger partial charge on any atom is 0.360 e. The fourth-order valence-corrected chi connectivity index (χ4v) is 1.70. The molecule has 0 atom stereocenters. The van der Waals surface area contributed by atoms with Crippen molar-refractivity contribution in [2.75, 3.05) is 13.2 Å². The van der Waals surface area contributed by atoms with Gasteiger partial charge in [0.1, 0.15) is 0 Å². The SMILES string of the molecule is CCOC(=O)c1nnn(CCCN)c1CC(C)C. The minimum Gasteiger partial charge on any atom is -0.461 e. The first-order valence-corrected chi connectivity index (χ1v) is 6.39. The van der Waals surface area contributed by atoms with Crippen LogP contribution in [0.2, 0.25) is 0 Å². The minimum atomic E-state index is -0.396. The molecule has 0 unspecified atom stereocenters. The zero-order chi connectivity index (χ0) is 13.5. The van der Waals surface area contributed by atoms with Gasteiger partial charge in [-0.1, -0.05) is 19.1 Å². The molecule has 0 aromatic carbocycles. The first-order valence-electron chi connectivity index (χ1n) is 6.39. The standard InChI is InChI=1S/C12H22N4O2/c1-4-18-12(17)11-10(8-9(2)3)16(15-14-11)7-5-6-13/h9H,4-8,13H2,1-3H3. The summed E-state index contributed by atoms with van der Waals surface area (Å²) < 4.78 is 6.75. The summed E-state index contributed by atoms with van der Waals surface area (Å²) in [5, 5.41) is 7.96. The molecule has 102 valence electrons. The van der Waals surface area contributed by atoms with Gasteiger partial charge in [0.05, 0.1) is 12.3 Å². The van der Waals surface area contributed by atoms with Crippen LogP contribution in [0.1, 0.15) is 43.4 Å². The van der Waals surface area contributed by atoms with E-state index in [-0.39, 0.29) is 0 Å². The van der Waals surface area contributed by atoms with Crippen molar-refractivity contribution in [2.24, 2.45) is 11.7 Å². The van der Waals surface area contributed by atoms with Gasteiger partial charge in [-0.2, -0.15) is 0 Å². The summed E-state index contributed by atoms with van der Waals surface area (Å²) >= 11 is 0. The highest BCUT2D eigenvalue weighted by atomic mass is 16.5. The van der Waals surface area contributed by atoms with Crippen molar-refractivity contribution >= 4 is 5.97 Å². The molecule has 0 aliphatic heterocycles. The second-order valence-corrected chi connectivity index (χ2v) is 4.57. The molecule has 0 radical (unpaired) electrons. The summed E-state index contributed by atoms with van der Waals surface area (Å²) in [6.45, 7) is 7.58. The first kappa shape index (κ1) is 14.6. The topological polar surface area (TPSA) is 83.0 Å². The van der Waals surface area contributed by atoms with Crippen molar-refractivity contribution in [2.45, 2.75) is 40.2 Å². The molecule has 0 spiro atoms. The number of aryl methyl sites for hydroxylation is 1. The third-order valence-corrected chi connectivity index (χ3v) is 2.48. The zero-order valence-electron chi connectivity index (χ0n) is 11.3. The molecule has 0 bridgehead atoms. The zero-order valence-corrected chi connectivity index (χ0v) is 11.3. The predicted molar refractivity (Wildman–Crippen MR) is 68.2 cm³/mol. The Hall–Kier alpha value is -1.43. The van der Waals surface area contributed by atoms with Crippen molar-refractivity contribution in [3.8, 4) is 0 Å². The van der Waals surface area contributed by atoms with E-state index in [1.54, 1.807) is 11.6 Å². The molecule has 0 fully saturated rings. The molecular weight excluding hydrogens is 232 g/mol. The molecule has 6 heteroatoms. The summed E-state index contributed by atoms with van der Waals surface area (Å²) in [4.78, 5) is 11.8. The Morgan fingerprint density at radius 1 is 1.50 bits per heavy atom. The molecule has 0 amide bonds. The number of esters is 1. The van der Waals surface area contributed by atoms with Gasteiger partial charge in [0.15, 0.2) is 5.69 Å². The predicted octanol–water partition coefficient (Wildman–Crippen LogP) is 1.00. The summed E-state index contributed by atoms with van der Waals surface area (Å²) in [5.74, 6) is 0.0282. The Balaban J connectivity index is 2.94. The Bertz CT molecular complexity index is 387. The third kappa shape index (κ3) is 3.80. The number of nitrogens with zero attached hydrogens (tertiary/aromatic N) is 3. The Labute approximate surface area is 107 Å². The normalized spacial score (nSPS) is 10.9. The lowest BCUT2D eigenvalue weighted by atomic mass is 10.1. The van der Waals surface area contributed by atoms with Crippen LogP contribution in [0.15, 0.2) is 0 Å². The van der Waals surface area contributed by atoms with Gasteiger partial charge in [-0.3, -0.25) is 0 Å². The summed E-state index contributed by atoms with van der Waals surface area (Å²) in [6.07, 6.45) is 1.57. The minimum absolute atomic E-state index is 0.336. The van der Waals surface area contributed by atoms with Gasteiger partial charge in [0.2, 0.25) is 0 Å². The van der Waals surface area contributed by atoms with Crippen LogP contribution in [0.3, 0.4) is 0 Å². The van der Waals surface area contributed by atoms with Crippen molar-refractivity contribution in [3.63, 3.8) is 0 Å². The van der Waals surface area contributed by atoms with Gasteiger partial charge in [-0.25, -0.2) is 9.48 Å². The largest absolute Gasteiger partial charge is 0.461 e. The molecule has 1 heterocycles. The third-order valence-electron chi connectivity index (χ3n) is 2.48. The number of hydrogen-bond donors (Lipinski definition) is 1. The highest BCUT2D eigenvalue weighted by Gasteiger charge is 2.21. The van der Waals surface area contributed by atoms with Gasteiger partial charge in [0.25, 0.3) is 0 Å². The van der Waals surface area contributed by atoms with Gasteiger partial charge in [-0.15, -0.1) is 5.10 Å². The maximum atomic E-state index is 11.8. The van der Waals surface area contributed by atoms with Crippen LogP contribution < -0.4 is 5.73 Å². The number of ether oxygens (including phenoxy) is 1. The number of hydrogen-bond acceptors (Lipinski definition) is 5. The van der Waals surface area contributed by atoms with Crippen LogP contribution in [0.25, 0.3) is 0 Å². The van der Waals surface area contributed by atoms with Crippen LogP contribution in [0.4, 0.5) is 0 Å². The number of carbonyl (C=O) groups is 1. The Morgan fingerprint density at radius 2 is 2.22 bits per heavy atom. The summed E-state index contributed by atoms with van der Waals surface area (Å²) in [7, 11) is 0. The van der Waals surface area contributed by atoms with Crippen molar-refractivity contribution in [1.82, 2.24) is 15.0 Å². The second-order valence-electron chi connectivity index (χ2n) is 4.57. The fourth-order valence-electron chi connectivity index (χ4n) is 1.70. The van der Waals surface area contributed by atoms with E-state index >= 15 is 0 Å². The van der Waals surface area contributed by atoms with Gasteiger partial charge >= 0.3 is 5.97 Å². The molecule has 1 rings (SSSR count). The molecule has 6 nitrogen and oxygen atoms in total. The molecule has 2 N–H and O–H groups in total. The van der Waals surface area contributed by atoms with Crippen molar-refractivity contribution < 1.29 is 9.53 Å². The van der Waals surface area contributed by atoms with Crippen LogP contribution in [-0.4, -0.2) is 34.1 Å². The average Bonchev–Trinajstić information content (AvgIpc) is 2.69. The van der Waals surface area contributed by atoms with Crippen molar-refractivity contribution in [3.05, 3.63) is 11.4 Å². The lowest BCUT2D eigenvalue weighted by molar-refractivity contribution is 0.0517. The lowest BCUT2D eigenvalue weighted by Crippen LogP contribution is -2.14. The van der Waals surface area contributed by atoms with E-state index in [0.29, 0.717) is 31.3 Å². The van der Waals surface area contributed by atoms with Gasteiger partial charge in [0, 0.05) is 6.54 Å². The molecular formula is C12H22N4O2. The van der Waals surface area contributed by atoms with Gasteiger partial charge < -0.3 is 10.5 Å². The van der Waals surface area contributed by atoms with Crippen LogP contribution in [0, 0.1) is 5.92 Å². The number of carbonyl (C=O) groups excluding carboxylic acids is 1. The van der Waals surface area contributed by atoms with E-state index in [1.165, 1.54) is 0 Å². The molecule has 0 aliphatic rings. The van der Waals surface area contributed by atoms with Crippen LogP contribution >= 0.6 is 0 Å². The lowest BCUT2D eigenvalue weighted by Gasteiger charge is -2.09. The van der Waals surface area contributed by atoms with E-state index in [4.69, 9.17) is 10.5 Å². The summed E-state index contributed by atoms with van der Waals surface area (Å²) in [5.41, 5.74) is 6.67. The van der Waals surface area contributed by atoms with Gasteiger partial charge in [-0.05, 0) is 32.2 Å². The highest BCUT2D eigenvalue weighted by Crippen LogP contribution is 2.13. The molecule has 0 aliphatic carbocycles. The van der Waals surface area contributed by atoms with E-state index in [9.17, 15) is 4.79 Å². The Morgan fingerprint density at radius 3 is 2.78 bits per heavy atom. The number of rotatable bonds is 7. The molecule has 18 heavy (non-hydrogen) atoms. The second kappa shape index (κ2) is 7.10. The van der Waals surface area contributed by atoms with E-state index in [1.807, 2.05) is 0 Å². The highest BCUT2D eigenvalue weighted by molar-refractivity contribution is 5.88. The first-order chi connectivity index (χ1) is 8.60. The Kier molecular flexibility index (Phi) is 5.77. The average molecular weight is 254 g/mol. The van der Waals surface area contributed by atoms with Crippen LogP contribution in [-0.2, 0) is 17.7 Å². The van der Waals surface area contributed by atoms with E-state index < -0.39 is 5.97 Å². The molecule has 1 aromatic heterocycles. The monoisotopic (exact) mass is 254 g/mol.